The summed E-state index contributed by atoms with van der Waals surface area (Å²) in [5, 5.41) is 9.91. The van der Waals surface area contributed by atoms with E-state index in [0.717, 1.165) is 0 Å². The number of hydrogen-bond acceptors (Lipinski definition) is 4. The second-order valence-electron chi connectivity index (χ2n) is 4.86. The summed E-state index contributed by atoms with van der Waals surface area (Å²) in [4.78, 5) is 11.4. The van der Waals surface area contributed by atoms with E-state index in [9.17, 15) is 27.5 Å². The molecule has 0 radical (unpaired) electrons. The smallest absolute Gasteiger partial charge is 0.340 e. The van der Waals surface area contributed by atoms with Crippen LogP contribution in [-0.2, 0) is 9.53 Å². The maximum absolute atomic E-state index is 12.8. The first-order valence-corrected chi connectivity index (χ1v) is 6.98. The molecule has 0 aliphatic heterocycles. The summed E-state index contributed by atoms with van der Waals surface area (Å²) < 4.78 is 59.1. The van der Waals surface area contributed by atoms with Crippen molar-refractivity contribution in [3.05, 3.63) is 29.8 Å². The topological polar surface area (TPSA) is 55.8 Å². The monoisotopic (exact) mass is 338 g/mol. The minimum atomic E-state index is -4.27. The molecular weight excluding hydrogens is 320 g/mol. The Hall–Kier alpha value is -1.83. The van der Waals surface area contributed by atoms with Crippen molar-refractivity contribution in [2.24, 2.45) is 0 Å². The van der Waals surface area contributed by atoms with E-state index in [1.807, 2.05) is 6.92 Å². The first kappa shape index (κ1) is 19.2. The van der Waals surface area contributed by atoms with E-state index in [1.54, 1.807) is 0 Å². The molecule has 1 aromatic rings. The van der Waals surface area contributed by atoms with Crippen molar-refractivity contribution in [2.75, 3.05) is 13.2 Å². The Bertz CT molecular complexity index is 508. The average Bonchev–Trinajstić information content (AvgIpc) is 2.51. The van der Waals surface area contributed by atoms with E-state index >= 15 is 0 Å². The fraction of sp³-hybridized carbons (Fsp3) is 0.533. The van der Waals surface area contributed by atoms with Gasteiger partial charge in [-0.25, -0.2) is 8.78 Å². The van der Waals surface area contributed by atoms with Crippen LogP contribution in [0.15, 0.2) is 24.3 Å². The lowest BCUT2D eigenvalue weighted by atomic mass is 10.1. The van der Waals surface area contributed by atoms with Gasteiger partial charge in [-0.2, -0.15) is 8.78 Å². The second-order valence-corrected chi connectivity index (χ2v) is 4.86. The molecule has 0 fully saturated rings. The number of alkyl halides is 4. The Kier molecular flexibility index (Phi) is 7.28. The first-order chi connectivity index (χ1) is 10.8. The molecule has 0 amide bonds. The predicted molar refractivity (Wildman–Crippen MR) is 73.7 cm³/mol. The third kappa shape index (κ3) is 6.43. The second kappa shape index (κ2) is 8.71. The van der Waals surface area contributed by atoms with Gasteiger partial charge in [0.05, 0.1) is 19.1 Å². The summed E-state index contributed by atoms with van der Waals surface area (Å²) in [6.07, 6.45) is -4.71. The van der Waals surface area contributed by atoms with Gasteiger partial charge in [0.25, 0.3) is 0 Å². The zero-order valence-corrected chi connectivity index (χ0v) is 12.5. The van der Waals surface area contributed by atoms with Crippen LogP contribution in [0.2, 0.25) is 0 Å². The zero-order chi connectivity index (χ0) is 17.5. The zero-order valence-electron chi connectivity index (χ0n) is 12.5. The third-order valence-corrected chi connectivity index (χ3v) is 2.82. The number of esters is 1. The summed E-state index contributed by atoms with van der Waals surface area (Å²) in [5.74, 6) is -4.97. The first-order valence-electron chi connectivity index (χ1n) is 6.98. The van der Waals surface area contributed by atoms with Crippen molar-refractivity contribution < 1.29 is 36.9 Å². The van der Waals surface area contributed by atoms with Crippen LogP contribution < -0.4 is 4.74 Å². The highest BCUT2D eigenvalue weighted by molar-refractivity contribution is 5.70. The van der Waals surface area contributed by atoms with Gasteiger partial charge >= 0.3 is 18.3 Å². The van der Waals surface area contributed by atoms with Crippen LogP contribution in [0.25, 0.3) is 0 Å². The highest BCUT2D eigenvalue weighted by Gasteiger charge is 2.41. The molecule has 8 heteroatoms. The lowest BCUT2D eigenvalue weighted by Gasteiger charge is -2.17. The molecule has 0 aliphatic carbocycles. The molecule has 0 saturated carbocycles. The summed E-state index contributed by atoms with van der Waals surface area (Å²) in [7, 11) is 0. The van der Waals surface area contributed by atoms with Crippen LogP contribution in [0.4, 0.5) is 17.6 Å². The van der Waals surface area contributed by atoms with Crippen molar-refractivity contribution in [1.82, 2.24) is 0 Å². The van der Waals surface area contributed by atoms with Crippen molar-refractivity contribution in [1.29, 1.82) is 0 Å². The van der Waals surface area contributed by atoms with E-state index in [0.29, 0.717) is 6.42 Å². The molecule has 0 bridgehead atoms. The summed E-state index contributed by atoms with van der Waals surface area (Å²) in [6, 6.07) is 5.34. The number of rotatable bonds is 9. The number of ether oxygens (including phenoxy) is 2. The number of halogens is 4. The average molecular weight is 338 g/mol. The fourth-order valence-electron chi connectivity index (χ4n) is 1.60. The molecule has 4 nitrogen and oxygen atoms in total. The minimum Gasteiger partial charge on any atom is -0.487 e. The Morgan fingerprint density at radius 3 is 2.65 bits per heavy atom. The standard InChI is InChI=1S/C15H18F4O4/c1-2-6-22-13(21)8-12(20)10-4-3-5-11(7-10)23-9-15(18,19)14(16)17/h3-5,7,12,14,20H,2,6,8-9H2,1H3. The van der Waals surface area contributed by atoms with Gasteiger partial charge in [0.2, 0.25) is 0 Å². The van der Waals surface area contributed by atoms with Crippen molar-refractivity contribution >= 4 is 5.97 Å². The van der Waals surface area contributed by atoms with E-state index in [-0.39, 0.29) is 24.3 Å². The maximum Gasteiger partial charge on any atom is 0.340 e. The highest BCUT2D eigenvalue weighted by Crippen LogP contribution is 2.26. The summed E-state index contributed by atoms with van der Waals surface area (Å²) >= 11 is 0. The summed E-state index contributed by atoms with van der Waals surface area (Å²) in [5.41, 5.74) is 0.233. The molecule has 0 heterocycles. The number of carbonyl (C=O) groups is 1. The van der Waals surface area contributed by atoms with E-state index in [1.165, 1.54) is 24.3 Å². The van der Waals surface area contributed by atoms with Gasteiger partial charge in [-0.3, -0.25) is 4.79 Å². The van der Waals surface area contributed by atoms with Crippen molar-refractivity contribution in [2.45, 2.75) is 38.2 Å². The van der Waals surface area contributed by atoms with Crippen molar-refractivity contribution in [3.63, 3.8) is 0 Å². The molecule has 0 saturated heterocycles. The molecule has 1 aromatic carbocycles. The van der Waals surface area contributed by atoms with Gasteiger partial charge in [-0.1, -0.05) is 19.1 Å². The van der Waals surface area contributed by atoms with E-state index < -0.39 is 31.0 Å². The normalized spacial score (nSPS) is 13.0. The third-order valence-electron chi connectivity index (χ3n) is 2.82. The molecule has 130 valence electrons. The van der Waals surface area contributed by atoms with Gasteiger partial charge < -0.3 is 14.6 Å². The fourth-order valence-corrected chi connectivity index (χ4v) is 1.60. The van der Waals surface area contributed by atoms with Crippen LogP contribution in [-0.4, -0.2) is 36.6 Å². The van der Waals surface area contributed by atoms with Gasteiger partial charge in [-0.05, 0) is 24.1 Å². The molecule has 1 atom stereocenters. The Balaban J connectivity index is 2.64. The Labute approximate surface area is 131 Å². The maximum atomic E-state index is 12.8. The van der Waals surface area contributed by atoms with Gasteiger partial charge in [0.1, 0.15) is 5.75 Å². The van der Waals surface area contributed by atoms with Gasteiger partial charge in [0, 0.05) is 0 Å². The molecule has 0 spiro atoms. The number of hydrogen-bond donors (Lipinski definition) is 1. The van der Waals surface area contributed by atoms with Crippen LogP contribution in [0, 0.1) is 0 Å². The molecule has 1 N–H and O–H groups in total. The Morgan fingerprint density at radius 2 is 2.04 bits per heavy atom. The molecular formula is C15H18F4O4. The molecule has 1 unspecified atom stereocenters. The van der Waals surface area contributed by atoms with Crippen LogP contribution in [0.3, 0.4) is 0 Å². The Morgan fingerprint density at radius 1 is 1.35 bits per heavy atom. The van der Waals surface area contributed by atoms with E-state index in [2.05, 4.69) is 4.74 Å². The number of aliphatic hydroxyl groups is 1. The number of aliphatic hydroxyl groups excluding tert-OH is 1. The van der Waals surface area contributed by atoms with Crippen LogP contribution in [0.1, 0.15) is 31.4 Å². The van der Waals surface area contributed by atoms with Gasteiger partial charge in [0.15, 0.2) is 6.61 Å². The van der Waals surface area contributed by atoms with Crippen LogP contribution in [0.5, 0.6) is 5.75 Å². The molecule has 23 heavy (non-hydrogen) atoms. The lowest BCUT2D eigenvalue weighted by molar-refractivity contribution is -0.148. The largest absolute Gasteiger partial charge is 0.487 e. The van der Waals surface area contributed by atoms with Crippen molar-refractivity contribution in [3.8, 4) is 5.75 Å². The molecule has 1 rings (SSSR count). The van der Waals surface area contributed by atoms with Crippen LogP contribution >= 0.6 is 0 Å². The number of carbonyl (C=O) groups excluding carboxylic acids is 1. The minimum absolute atomic E-state index is 0.108. The summed E-state index contributed by atoms with van der Waals surface area (Å²) in [6.45, 7) is 0.569. The SMILES string of the molecule is CCCOC(=O)CC(O)c1cccc(OCC(F)(F)C(F)F)c1. The highest BCUT2D eigenvalue weighted by atomic mass is 19.3. The van der Waals surface area contributed by atoms with Gasteiger partial charge in [-0.15, -0.1) is 0 Å². The predicted octanol–water partition coefficient (Wildman–Crippen LogP) is 3.34. The number of benzene rings is 1. The molecule has 0 aliphatic rings. The quantitative estimate of drug-likeness (QED) is 0.554. The molecule has 0 aromatic heterocycles. The lowest BCUT2D eigenvalue weighted by Crippen LogP contribution is -2.33. The van der Waals surface area contributed by atoms with E-state index in [4.69, 9.17) is 4.74 Å².